The van der Waals surface area contributed by atoms with E-state index in [9.17, 15) is 4.79 Å². The Bertz CT molecular complexity index is 615. The van der Waals surface area contributed by atoms with E-state index in [0.717, 1.165) is 25.5 Å². The molecule has 5 nitrogen and oxygen atoms in total. The molecule has 25 heavy (non-hydrogen) atoms. The lowest BCUT2D eigenvalue weighted by atomic mass is 9.82. The predicted molar refractivity (Wildman–Crippen MR) is 113 cm³/mol. The zero-order valence-electron chi connectivity index (χ0n) is 15.4. The van der Waals surface area contributed by atoms with Gasteiger partial charge in [-0.15, -0.1) is 24.0 Å². The molecule has 1 unspecified atom stereocenters. The Balaban J connectivity index is 0.00000225. The highest BCUT2D eigenvalue weighted by Gasteiger charge is 2.37. The van der Waals surface area contributed by atoms with Gasteiger partial charge in [0.1, 0.15) is 6.54 Å². The lowest BCUT2D eigenvalue weighted by Crippen LogP contribution is -2.43. The molecule has 1 amide bonds. The number of rotatable bonds is 4. The average molecular weight is 456 g/mol. The minimum absolute atomic E-state index is 0. The van der Waals surface area contributed by atoms with Crippen LogP contribution in [0.15, 0.2) is 35.3 Å². The molecule has 0 spiro atoms. The number of likely N-dealkylation sites (N-methyl/N-ethyl adjacent to an activating group) is 1. The summed E-state index contributed by atoms with van der Waals surface area (Å²) in [4.78, 5) is 20.4. The number of halogens is 1. The molecule has 1 aromatic carbocycles. The van der Waals surface area contributed by atoms with E-state index in [1.807, 2.05) is 0 Å². The highest BCUT2D eigenvalue weighted by molar-refractivity contribution is 14.0. The molecule has 1 N–H and O–H groups in total. The molecule has 138 valence electrons. The third-order valence-electron chi connectivity index (χ3n) is 5.02. The highest BCUT2D eigenvalue weighted by Crippen LogP contribution is 2.34. The molecule has 1 heterocycles. The topological polar surface area (TPSA) is 47.9 Å². The van der Waals surface area contributed by atoms with Gasteiger partial charge >= 0.3 is 0 Å². The molecular weight excluding hydrogens is 427 g/mol. The van der Waals surface area contributed by atoms with E-state index in [-0.39, 0.29) is 41.8 Å². The second kappa shape index (κ2) is 8.38. The van der Waals surface area contributed by atoms with Crippen LogP contribution in [0, 0.1) is 0 Å². The van der Waals surface area contributed by atoms with Crippen molar-refractivity contribution in [3.8, 4) is 0 Å². The predicted octanol–water partition coefficient (Wildman–Crippen LogP) is 2.46. The molecular formula is C19H29IN4O. The lowest BCUT2D eigenvalue weighted by molar-refractivity contribution is -0.127. The van der Waals surface area contributed by atoms with Crippen LogP contribution in [0.1, 0.15) is 31.7 Å². The minimum atomic E-state index is 0. The number of hydrogen-bond donors (Lipinski definition) is 1. The average Bonchev–Trinajstić information content (AvgIpc) is 3.31. The molecule has 0 bridgehead atoms. The second-order valence-electron chi connectivity index (χ2n) is 7.44. The number of aliphatic imine (C=N–C) groups is 1. The molecule has 2 fully saturated rings. The van der Waals surface area contributed by atoms with Crippen LogP contribution in [0.3, 0.4) is 0 Å². The summed E-state index contributed by atoms with van der Waals surface area (Å²) < 4.78 is 0. The van der Waals surface area contributed by atoms with Crippen molar-refractivity contribution in [2.45, 2.75) is 37.6 Å². The van der Waals surface area contributed by atoms with Crippen LogP contribution in [0.5, 0.6) is 0 Å². The van der Waals surface area contributed by atoms with Gasteiger partial charge in [0.2, 0.25) is 5.91 Å². The number of nitrogens with one attached hydrogen (secondary N) is 1. The molecule has 1 saturated carbocycles. The van der Waals surface area contributed by atoms with Crippen molar-refractivity contribution < 1.29 is 4.79 Å². The van der Waals surface area contributed by atoms with Gasteiger partial charge in [0.25, 0.3) is 0 Å². The van der Waals surface area contributed by atoms with E-state index < -0.39 is 0 Å². The Morgan fingerprint density at radius 3 is 2.60 bits per heavy atom. The molecule has 1 aliphatic heterocycles. The molecule has 1 aromatic rings. The fourth-order valence-corrected chi connectivity index (χ4v) is 3.15. The molecule has 0 radical (unpaired) electrons. The van der Waals surface area contributed by atoms with Gasteiger partial charge in [-0.3, -0.25) is 4.79 Å². The van der Waals surface area contributed by atoms with E-state index >= 15 is 0 Å². The summed E-state index contributed by atoms with van der Waals surface area (Å²) in [5.74, 6) is 0.933. The third kappa shape index (κ3) is 5.09. The van der Waals surface area contributed by atoms with E-state index in [0.29, 0.717) is 6.04 Å². The molecule has 3 rings (SSSR count). The summed E-state index contributed by atoms with van der Waals surface area (Å²) in [6, 6.07) is 11.2. The van der Waals surface area contributed by atoms with Crippen LogP contribution in [-0.2, 0) is 10.2 Å². The number of nitrogens with zero attached hydrogens (tertiary/aromatic N) is 3. The third-order valence-corrected chi connectivity index (χ3v) is 5.02. The summed E-state index contributed by atoms with van der Waals surface area (Å²) in [5.41, 5.74) is 1.52. The first-order valence-electron chi connectivity index (χ1n) is 8.79. The summed E-state index contributed by atoms with van der Waals surface area (Å²) in [5, 5.41) is 3.52. The summed E-state index contributed by atoms with van der Waals surface area (Å²) in [6.45, 7) is 4.44. The molecule has 1 atom stereocenters. The molecule has 6 heteroatoms. The Hall–Kier alpha value is -1.31. The number of benzene rings is 1. The van der Waals surface area contributed by atoms with Gasteiger partial charge in [0.05, 0.1) is 0 Å². The number of guanidine groups is 1. The van der Waals surface area contributed by atoms with Crippen molar-refractivity contribution >= 4 is 35.8 Å². The van der Waals surface area contributed by atoms with E-state index in [4.69, 9.17) is 0 Å². The summed E-state index contributed by atoms with van der Waals surface area (Å²) >= 11 is 0. The number of carbonyl (C=O) groups is 1. The number of likely N-dealkylation sites (tertiary alicyclic amines) is 1. The summed E-state index contributed by atoms with van der Waals surface area (Å²) in [6.07, 6.45) is 3.50. The van der Waals surface area contributed by atoms with Crippen molar-refractivity contribution in [3.05, 3.63) is 35.9 Å². The zero-order chi connectivity index (χ0) is 17.2. The Labute approximate surface area is 167 Å². The standard InChI is InChI=1S/C19H28N4O.HI/c1-19(15-7-5-4-6-8-15)11-12-23(14-19)18(21-16-9-10-16)20-13-17(24)22(2)3;/h4-8,16H,9-14H2,1-3H3,(H,20,21);1H. The first-order chi connectivity index (χ1) is 11.5. The van der Waals surface area contributed by atoms with Gasteiger partial charge in [-0.2, -0.15) is 0 Å². The maximum Gasteiger partial charge on any atom is 0.243 e. The Morgan fingerprint density at radius 1 is 1.32 bits per heavy atom. The van der Waals surface area contributed by atoms with Gasteiger partial charge < -0.3 is 15.1 Å². The van der Waals surface area contributed by atoms with Gasteiger partial charge in [-0.1, -0.05) is 37.3 Å². The van der Waals surface area contributed by atoms with Crippen molar-refractivity contribution in [3.63, 3.8) is 0 Å². The fourth-order valence-electron chi connectivity index (χ4n) is 3.15. The van der Waals surface area contributed by atoms with E-state index in [1.54, 1.807) is 19.0 Å². The molecule has 2 aliphatic rings. The lowest BCUT2D eigenvalue weighted by Gasteiger charge is -2.27. The largest absolute Gasteiger partial charge is 0.353 e. The number of hydrogen-bond acceptors (Lipinski definition) is 2. The number of carbonyl (C=O) groups excluding carboxylic acids is 1. The van der Waals surface area contributed by atoms with E-state index in [1.165, 1.54) is 18.4 Å². The van der Waals surface area contributed by atoms with Gasteiger partial charge in [-0.05, 0) is 24.8 Å². The maximum atomic E-state index is 11.9. The first-order valence-corrected chi connectivity index (χ1v) is 8.79. The maximum absolute atomic E-state index is 11.9. The fraction of sp³-hybridized carbons (Fsp3) is 0.579. The Morgan fingerprint density at radius 2 is 2.00 bits per heavy atom. The minimum Gasteiger partial charge on any atom is -0.353 e. The SMILES string of the molecule is CN(C)C(=O)CN=C(NC1CC1)N1CCC(C)(c2ccccc2)C1.I. The Kier molecular flexibility index (Phi) is 6.71. The van der Waals surface area contributed by atoms with Gasteiger partial charge in [-0.25, -0.2) is 4.99 Å². The van der Waals surface area contributed by atoms with Crippen LogP contribution in [0.25, 0.3) is 0 Å². The highest BCUT2D eigenvalue weighted by atomic mass is 127. The van der Waals surface area contributed by atoms with Crippen LogP contribution >= 0.6 is 24.0 Å². The molecule has 0 aromatic heterocycles. The van der Waals surface area contributed by atoms with Crippen LogP contribution < -0.4 is 5.32 Å². The van der Waals surface area contributed by atoms with Crippen molar-refractivity contribution in [2.24, 2.45) is 4.99 Å². The van der Waals surface area contributed by atoms with Gasteiger partial charge in [0, 0.05) is 38.6 Å². The second-order valence-corrected chi connectivity index (χ2v) is 7.44. The number of amides is 1. The smallest absolute Gasteiger partial charge is 0.243 e. The summed E-state index contributed by atoms with van der Waals surface area (Å²) in [7, 11) is 3.54. The first kappa shape index (κ1) is 20.0. The zero-order valence-corrected chi connectivity index (χ0v) is 17.7. The van der Waals surface area contributed by atoms with Crippen LogP contribution in [0.4, 0.5) is 0 Å². The van der Waals surface area contributed by atoms with Gasteiger partial charge in [0.15, 0.2) is 5.96 Å². The van der Waals surface area contributed by atoms with Crippen molar-refractivity contribution in [1.82, 2.24) is 15.1 Å². The molecule has 1 aliphatic carbocycles. The normalized spacial score (nSPS) is 23.2. The van der Waals surface area contributed by atoms with Crippen LogP contribution in [-0.4, -0.2) is 61.4 Å². The van der Waals surface area contributed by atoms with Crippen molar-refractivity contribution in [2.75, 3.05) is 33.7 Å². The van der Waals surface area contributed by atoms with E-state index in [2.05, 4.69) is 52.5 Å². The van der Waals surface area contributed by atoms with Crippen LogP contribution in [0.2, 0.25) is 0 Å². The molecule has 1 saturated heterocycles. The monoisotopic (exact) mass is 456 g/mol. The quantitative estimate of drug-likeness (QED) is 0.430. The van der Waals surface area contributed by atoms with Crippen molar-refractivity contribution in [1.29, 1.82) is 0 Å².